The van der Waals surface area contributed by atoms with E-state index in [1.807, 2.05) is 78.9 Å². The van der Waals surface area contributed by atoms with Crippen molar-refractivity contribution in [2.45, 2.75) is 0 Å². The van der Waals surface area contributed by atoms with Crippen LogP contribution in [0, 0.1) is 0 Å². The summed E-state index contributed by atoms with van der Waals surface area (Å²) in [6, 6.07) is 38.2. The molecule has 2 aromatic heterocycles. The lowest BCUT2D eigenvalue weighted by molar-refractivity contribution is 0.483. The molecular formula is C28H20N2O. The lowest BCUT2D eigenvalue weighted by Gasteiger charge is -2.11. The van der Waals surface area contributed by atoms with Gasteiger partial charge in [-0.25, -0.2) is 4.98 Å². The molecule has 0 saturated heterocycles. The summed E-state index contributed by atoms with van der Waals surface area (Å²) in [4.78, 5) is 9.38. The van der Waals surface area contributed by atoms with Crippen LogP contribution in [0.15, 0.2) is 121 Å². The zero-order chi connectivity index (χ0) is 20.9. The summed E-state index contributed by atoms with van der Waals surface area (Å²) in [6.07, 6.45) is 1.79. The molecule has 3 nitrogen and oxygen atoms in total. The highest BCUT2D eigenvalue weighted by atomic mass is 16.5. The Kier molecular flexibility index (Phi) is 5.23. The van der Waals surface area contributed by atoms with Gasteiger partial charge in [0.05, 0.1) is 17.1 Å². The molecule has 0 amide bonds. The van der Waals surface area contributed by atoms with Crippen molar-refractivity contribution in [2.75, 3.05) is 0 Å². The van der Waals surface area contributed by atoms with Gasteiger partial charge >= 0.3 is 0 Å². The van der Waals surface area contributed by atoms with E-state index >= 15 is 0 Å². The molecule has 0 aliphatic carbocycles. The summed E-state index contributed by atoms with van der Waals surface area (Å²) >= 11 is 0. The van der Waals surface area contributed by atoms with Crippen molar-refractivity contribution in [3.63, 3.8) is 0 Å². The van der Waals surface area contributed by atoms with Crippen molar-refractivity contribution in [1.29, 1.82) is 0 Å². The smallest absolute Gasteiger partial charge is 0.127 e. The van der Waals surface area contributed by atoms with E-state index in [1.54, 1.807) is 6.20 Å². The third-order valence-corrected chi connectivity index (χ3v) is 4.99. The Labute approximate surface area is 181 Å². The van der Waals surface area contributed by atoms with Gasteiger partial charge < -0.3 is 4.74 Å². The molecule has 148 valence electrons. The van der Waals surface area contributed by atoms with Crippen LogP contribution in [0.2, 0.25) is 0 Å². The maximum Gasteiger partial charge on any atom is 0.127 e. The first-order chi connectivity index (χ1) is 15.3. The molecule has 5 aromatic rings. The Balaban J connectivity index is 1.53. The minimum absolute atomic E-state index is 0.803. The second kappa shape index (κ2) is 8.64. The van der Waals surface area contributed by atoms with Crippen LogP contribution < -0.4 is 4.74 Å². The van der Waals surface area contributed by atoms with E-state index in [9.17, 15) is 0 Å². The zero-order valence-corrected chi connectivity index (χ0v) is 16.8. The van der Waals surface area contributed by atoms with Gasteiger partial charge in [-0.2, -0.15) is 0 Å². The standard InChI is InChI=1S/C28H20N2O/c1-3-9-22(10-4-1)27-19-23(20-28(30-27)26-13-7-8-18-29-26)21-14-16-25(17-15-21)31-24-11-5-2-6-12-24/h1-20H. The molecule has 0 atom stereocenters. The molecule has 0 radical (unpaired) electrons. The molecule has 5 rings (SSSR count). The van der Waals surface area contributed by atoms with E-state index in [4.69, 9.17) is 9.72 Å². The van der Waals surface area contributed by atoms with Gasteiger partial charge in [0.1, 0.15) is 11.5 Å². The van der Waals surface area contributed by atoms with Crippen LogP contribution in [-0.2, 0) is 0 Å². The van der Waals surface area contributed by atoms with Gasteiger partial charge in [0.2, 0.25) is 0 Å². The number of pyridine rings is 2. The molecule has 0 aliphatic heterocycles. The van der Waals surface area contributed by atoms with Crippen molar-refractivity contribution >= 4 is 0 Å². The quantitative estimate of drug-likeness (QED) is 0.311. The lowest BCUT2D eigenvalue weighted by atomic mass is 10.0. The molecule has 0 bridgehead atoms. The summed E-state index contributed by atoms with van der Waals surface area (Å²) in [6.45, 7) is 0. The van der Waals surface area contributed by atoms with Gasteiger partial charge in [-0.05, 0) is 59.7 Å². The highest BCUT2D eigenvalue weighted by Crippen LogP contribution is 2.31. The summed E-state index contributed by atoms with van der Waals surface area (Å²) in [5.74, 6) is 1.63. The van der Waals surface area contributed by atoms with Crippen LogP contribution in [-0.4, -0.2) is 9.97 Å². The predicted molar refractivity (Wildman–Crippen MR) is 125 cm³/mol. The molecule has 31 heavy (non-hydrogen) atoms. The summed E-state index contributed by atoms with van der Waals surface area (Å²) < 4.78 is 5.93. The first-order valence-electron chi connectivity index (χ1n) is 10.2. The molecule has 2 heterocycles. The summed E-state index contributed by atoms with van der Waals surface area (Å²) in [5.41, 5.74) is 5.87. The van der Waals surface area contributed by atoms with E-state index in [0.29, 0.717) is 0 Å². The van der Waals surface area contributed by atoms with Crippen LogP contribution in [0.4, 0.5) is 0 Å². The number of hydrogen-bond acceptors (Lipinski definition) is 3. The highest BCUT2D eigenvalue weighted by Gasteiger charge is 2.10. The molecule has 0 unspecified atom stereocenters. The Hall–Kier alpha value is -4.24. The number of nitrogens with zero attached hydrogens (tertiary/aromatic N) is 2. The number of hydrogen-bond donors (Lipinski definition) is 0. The van der Waals surface area contributed by atoms with Crippen molar-refractivity contribution < 1.29 is 4.74 Å². The van der Waals surface area contributed by atoms with E-state index in [1.165, 1.54) is 0 Å². The minimum atomic E-state index is 0.803. The highest BCUT2D eigenvalue weighted by molar-refractivity contribution is 5.75. The first-order valence-corrected chi connectivity index (χ1v) is 10.2. The molecule has 3 heteroatoms. The summed E-state index contributed by atoms with van der Waals surface area (Å²) in [7, 11) is 0. The molecule has 0 spiro atoms. The minimum Gasteiger partial charge on any atom is -0.457 e. The van der Waals surface area contributed by atoms with Crippen LogP contribution in [0.25, 0.3) is 33.8 Å². The largest absolute Gasteiger partial charge is 0.457 e. The van der Waals surface area contributed by atoms with Crippen LogP contribution in [0.1, 0.15) is 0 Å². The Morgan fingerprint density at radius 3 is 1.81 bits per heavy atom. The number of rotatable bonds is 5. The first kappa shape index (κ1) is 18.8. The maximum absolute atomic E-state index is 5.93. The normalized spacial score (nSPS) is 10.6. The van der Waals surface area contributed by atoms with E-state index in [2.05, 4.69) is 41.4 Å². The average molecular weight is 400 g/mol. The van der Waals surface area contributed by atoms with Crippen LogP contribution >= 0.6 is 0 Å². The fourth-order valence-electron chi connectivity index (χ4n) is 3.44. The monoisotopic (exact) mass is 400 g/mol. The van der Waals surface area contributed by atoms with Crippen molar-refractivity contribution in [3.8, 4) is 45.3 Å². The van der Waals surface area contributed by atoms with E-state index in [0.717, 1.165) is 45.3 Å². The maximum atomic E-state index is 5.93. The average Bonchev–Trinajstić information content (AvgIpc) is 2.86. The molecule has 0 fully saturated rings. The fraction of sp³-hybridized carbons (Fsp3) is 0. The van der Waals surface area contributed by atoms with Gasteiger partial charge in [0, 0.05) is 11.8 Å². The summed E-state index contributed by atoms with van der Waals surface area (Å²) in [5, 5.41) is 0. The Morgan fingerprint density at radius 1 is 0.452 bits per heavy atom. The van der Waals surface area contributed by atoms with E-state index in [-0.39, 0.29) is 0 Å². The Bertz CT molecular complexity index is 1210. The molecule has 0 aliphatic rings. The second-order valence-electron chi connectivity index (χ2n) is 7.15. The third kappa shape index (κ3) is 4.36. The van der Waals surface area contributed by atoms with E-state index < -0.39 is 0 Å². The van der Waals surface area contributed by atoms with Crippen LogP contribution in [0.3, 0.4) is 0 Å². The second-order valence-corrected chi connectivity index (χ2v) is 7.15. The third-order valence-electron chi connectivity index (χ3n) is 4.99. The molecule has 3 aromatic carbocycles. The van der Waals surface area contributed by atoms with Gasteiger partial charge in [0.15, 0.2) is 0 Å². The van der Waals surface area contributed by atoms with Gasteiger partial charge in [-0.3, -0.25) is 4.98 Å². The van der Waals surface area contributed by atoms with Crippen molar-refractivity contribution in [1.82, 2.24) is 9.97 Å². The topological polar surface area (TPSA) is 35.0 Å². The van der Waals surface area contributed by atoms with Gasteiger partial charge in [-0.1, -0.05) is 66.7 Å². The fourth-order valence-corrected chi connectivity index (χ4v) is 3.44. The number of ether oxygens (including phenoxy) is 1. The Morgan fingerprint density at radius 2 is 1.10 bits per heavy atom. The molecular weight excluding hydrogens is 380 g/mol. The molecule has 0 N–H and O–H groups in total. The lowest BCUT2D eigenvalue weighted by Crippen LogP contribution is -1.92. The predicted octanol–water partition coefficient (Wildman–Crippen LogP) is 7.27. The van der Waals surface area contributed by atoms with Crippen molar-refractivity contribution in [2.24, 2.45) is 0 Å². The SMILES string of the molecule is c1ccc(Oc2ccc(-c3cc(-c4ccccc4)nc(-c4ccccn4)c3)cc2)cc1. The zero-order valence-electron chi connectivity index (χ0n) is 16.8. The number of benzene rings is 3. The number of aromatic nitrogens is 2. The van der Waals surface area contributed by atoms with Crippen LogP contribution in [0.5, 0.6) is 11.5 Å². The van der Waals surface area contributed by atoms with Gasteiger partial charge in [-0.15, -0.1) is 0 Å². The molecule has 0 saturated carbocycles. The van der Waals surface area contributed by atoms with Crippen molar-refractivity contribution in [3.05, 3.63) is 121 Å². The number of para-hydroxylation sites is 1. The van der Waals surface area contributed by atoms with Gasteiger partial charge in [0.25, 0.3) is 0 Å².